The van der Waals surface area contributed by atoms with Gasteiger partial charge in [-0.2, -0.15) is 0 Å². The second-order valence-electron chi connectivity index (χ2n) is 4.97. The Morgan fingerprint density at radius 3 is 3.14 bits per heavy atom. The molecule has 2 atom stereocenters. The molecular weight excluding hydrogens is 268 g/mol. The summed E-state index contributed by atoms with van der Waals surface area (Å²) in [5, 5.41) is 0. The molecule has 21 heavy (non-hydrogen) atoms. The molecule has 0 fully saturated rings. The van der Waals surface area contributed by atoms with Crippen LogP contribution in [0.1, 0.15) is 19.8 Å². The Morgan fingerprint density at radius 1 is 1.38 bits per heavy atom. The third-order valence-corrected chi connectivity index (χ3v) is 3.60. The molecule has 4 heteroatoms. The van der Waals surface area contributed by atoms with E-state index in [1.165, 1.54) is 5.57 Å². The van der Waals surface area contributed by atoms with E-state index in [9.17, 15) is 4.79 Å². The molecule has 0 N–H and O–H groups in total. The minimum absolute atomic E-state index is 0.283. The first kappa shape index (κ1) is 13.9. The molecule has 3 rings (SSSR count). The summed E-state index contributed by atoms with van der Waals surface area (Å²) in [6.07, 6.45) is 14.2. The summed E-state index contributed by atoms with van der Waals surface area (Å²) in [5.41, 5.74) is 3.30. The Hall–Kier alpha value is -2.07. The normalized spacial score (nSPS) is 30.4. The fraction of sp³-hybridized carbons (Fsp3) is 0.353. The Bertz CT molecular complexity index is 578. The number of rotatable bonds is 2. The molecular formula is C17H18O4. The SMILES string of the molecule is CCOC(=O)C1OC=C2C=CCC/C2=C2\C=CC=CC2O1. The topological polar surface area (TPSA) is 44.8 Å². The molecule has 0 aromatic rings. The van der Waals surface area contributed by atoms with Crippen molar-refractivity contribution in [2.75, 3.05) is 6.61 Å². The van der Waals surface area contributed by atoms with E-state index in [0.717, 1.165) is 24.0 Å². The van der Waals surface area contributed by atoms with Gasteiger partial charge in [-0.25, -0.2) is 4.79 Å². The minimum Gasteiger partial charge on any atom is -0.461 e. The number of ether oxygens (including phenoxy) is 3. The fourth-order valence-electron chi connectivity index (χ4n) is 2.64. The molecule has 1 heterocycles. The lowest BCUT2D eigenvalue weighted by atomic mass is 9.87. The van der Waals surface area contributed by atoms with Gasteiger partial charge >= 0.3 is 5.97 Å². The highest BCUT2D eigenvalue weighted by Crippen LogP contribution is 2.33. The average molecular weight is 286 g/mol. The molecule has 0 bridgehead atoms. The molecule has 2 aliphatic carbocycles. The average Bonchev–Trinajstić information content (AvgIpc) is 2.50. The number of hydrogen-bond donors (Lipinski definition) is 0. The van der Waals surface area contributed by atoms with Crippen molar-refractivity contribution in [3.8, 4) is 0 Å². The van der Waals surface area contributed by atoms with Crippen LogP contribution < -0.4 is 0 Å². The highest BCUT2D eigenvalue weighted by Gasteiger charge is 2.30. The highest BCUT2D eigenvalue weighted by atomic mass is 16.7. The zero-order valence-corrected chi connectivity index (χ0v) is 12.0. The van der Waals surface area contributed by atoms with E-state index in [0.29, 0.717) is 6.61 Å². The maximum atomic E-state index is 11.9. The summed E-state index contributed by atoms with van der Waals surface area (Å²) in [5.74, 6) is -0.500. The van der Waals surface area contributed by atoms with E-state index < -0.39 is 12.3 Å². The van der Waals surface area contributed by atoms with Crippen LogP contribution in [0.15, 0.2) is 59.4 Å². The van der Waals surface area contributed by atoms with Gasteiger partial charge in [-0.3, -0.25) is 0 Å². The van der Waals surface area contributed by atoms with Crippen LogP contribution in [0.4, 0.5) is 0 Å². The van der Waals surface area contributed by atoms with Gasteiger partial charge in [0, 0.05) is 5.57 Å². The number of carbonyl (C=O) groups excluding carboxylic acids is 1. The monoisotopic (exact) mass is 286 g/mol. The lowest BCUT2D eigenvalue weighted by Gasteiger charge is -2.29. The van der Waals surface area contributed by atoms with Gasteiger partial charge in [0.25, 0.3) is 6.29 Å². The number of hydrogen-bond acceptors (Lipinski definition) is 4. The first-order chi connectivity index (χ1) is 10.3. The van der Waals surface area contributed by atoms with Crippen LogP contribution in [0.25, 0.3) is 0 Å². The van der Waals surface area contributed by atoms with Gasteiger partial charge in [-0.05, 0) is 30.9 Å². The third kappa shape index (κ3) is 2.85. The van der Waals surface area contributed by atoms with Crippen LogP contribution in [-0.4, -0.2) is 25.0 Å². The van der Waals surface area contributed by atoms with Crippen molar-refractivity contribution in [3.63, 3.8) is 0 Å². The zero-order valence-electron chi connectivity index (χ0n) is 12.0. The molecule has 1 aliphatic heterocycles. The van der Waals surface area contributed by atoms with E-state index in [4.69, 9.17) is 14.2 Å². The molecule has 3 aliphatic rings. The second-order valence-corrected chi connectivity index (χ2v) is 4.97. The van der Waals surface area contributed by atoms with Crippen molar-refractivity contribution < 1.29 is 19.0 Å². The van der Waals surface area contributed by atoms with Gasteiger partial charge in [-0.15, -0.1) is 0 Å². The van der Waals surface area contributed by atoms with Gasteiger partial charge in [0.15, 0.2) is 0 Å². The van der Waals surface area contributed by atoms with Crippen LogP contribution in [0.3, 0.4) is 0 Å². The van der Waals surface area contributed by atoms with Crippen LogP contribution in [0.5, 0.6) is 0 Å². The predicted octanol–water partition coefficient (Wildman–Crippen LogP) is 2.95. The quantitative estimate of drug-likeness (QED) is 0.732. The van der Waals surface area contributed by atoms with Crippen molar-refractivity contribution in [1.82, 2.24) is 0 Å². The molecule has 0 aromatic heterocycles. The molecule has 0 spiro atoms. The van der Waals surface area contributed by atoms with Crippen molar-refractivity contribution >= 4 is 5.97 Å². The summed E-state index contributed by atoms with van der Waals surface area (Å²) in [6.45, 7) is 2.06. The molecule has 2 unspecified atom stereocenters. The lowest BCUT2D eigenvalue weighted by molar-refractivity contribution is -0.187. The summed E-state index contributed by atoms with van der Waals surface area (Å²) in [7, 11) is 0. The van der Waals surface area contributed by atoms with Crippen molar-refractivity contribution in [3.05, 3.63) is 59.4 Å². The predicted molar refractivity (Wildman–Crippen MR) is 78.1 cm³/mol. The van der Waals surface area contributed by atoms with Crippen LogP contribution in [0.2, 0.25) is 0 Å². The number of carbonyl (C=O) groups is 1. The number of fused-ring (bicyclic) bond motifs is 2. The maximum Gasteiger partial charge on any atom is 0.376 e. The maximum absolute atomic E-state index is 11.9. The lowest BCUT2D eigenvalue weighted by Crippen LogP contribution is -2.34. The summed E-state index contributed by atoms with van der Waals surface area (Å²) in [4.78, 5) is 11.9. The Morgan fingerprint density at radius 2 is 2.29 bits per heavy atom. The smallest absolute Gasteiger partial charge is 0.376 e. The van der Waals surface area contributed by atoms with Gasteiger partial charge in [0.05, 0.1) is 12.9 Å². The molecule has 0 saturated heterocycles. The van der Waals surface area contributed by atoms with E-state index in [1.54, 1.807) is 13.2 Å². The first-order valence-corrected chi connectivity index (χ1v) is 7.22. The van der Waals surface area contributed by atoms with Crippen molar-refractivity contribution in [2.24, 2.45) is 0 Å². The zero-order chi connectivity index (χ0) is 14.7. The summed E-state index contributed by atoms with van der Waals surface area (Å²) in [6, 6.07) is 0. The summed E-state index contributed by atoms with van der Waals surface area (Å²) < 4.78 is 16.3. The molecule has 0 amide bonds. The Labute approximate surface area is 124 Å². The molecule has 0 aromatic carbocycles. The first-order valence-electron chi connectivity index (χ1n) is 7.22. The summed E-state index contributed by atoms with van der Waals surface area (Å²) >= 11 is 0. The van der Waals surface area contributed by atoms with Gasteiger partial charge < -0.3 is 14.2 Å². The molecule has 4 nitrogen and oxygen atoms in total. The van der Waals surface area contributed by atoms with Gasteiger partial charge in [-0.1, -0.05) is 36.5 Å². The van der Waals surface area contributed by atoms with E-state index in [-0.39, 0.29) is 6.10 Å². The van der Waals surface area contributed by atoms with E-state index in [1.807, 2.05) is 30.4 Å². The third-order valence-electron chi connectivity index (χ3n) is 3.60. The number of allylic oxidation sites excluding steroid dienone is 6. The Balaban J connectivity index is 1.96. The van der Waals surface area contributed by atoms with Gasteiger partial charge in [0.1, 0.15) is 6.10 Å². The van der Waals surface area contributed by atoms with E-state index in [2.05, 4.69) is 6.08 Å². The van der Waals surface area contributed by atoms with Crippen LogP contribution in [0, 0.1) is 0 Å². The van der Waals surface area contributed by atoms with E-state index >= 15 is 0 Å². The second kappa shape index (κ2) is 6.14. The van der Waals surface area contributed by atoms with Crippen molar-refractivity contribution in [2.45, 2.75) is 32.2 Å². The standard InChI is InChI=1S/C17H18O4/c1-2-19-16(18)17-20-11-12-7-3-4-8-13(12)14-9-5-6-10-15(14)21-17/h3,5-7,9-11,15,17H,2,4,8H2,1H3/b12-11?,14-13-. The Kier molecular flexibility index (Phi) is 4.06. The largest absolute Gasteiger partial charge is 0.461 e. The van der Waals surface area contributed by atoms with Crippen LogP contribution in [-0.2, 0) is 19.0 Å². The minimum atomic E-state index is -1.04. The van der Waals surface area contributed by atoms with Crippen LogP contribution >= 0.6 is 0 Å². The number of esters is 1. The van der Waals surface area contributed by atoms with Crippen molar-refractivity contribution in [1.29, 1.82) is 0 Å². The highest BCUT2D eigenvalue weighted by molar-refractivity contribution is 5.73. The molecule has 0 saturated carbocycles. The van der Waals surface area contributed by atoms with Gasteiger partial charge in [0.2, 0.25) is 0 Å². The molecule has 0 radical (unpaired) electrons. The fourth-order valence-corrected chi connectivity index (χ4v) is 2.64. The molecule has 110 valence electrons.